The lowest BCUT2D eigenvalue weighted by molar-refractivity contribution is -0.142. The van der Waals surface area contributed by atoms with Gasteiger partial charge in [-0.25, -0.2) is 4.79 Å². The number of aromatic amines is 1. The van der Waals surface area contributed by atoms with Gasteiger partial charge < -0.3 is 37.5 Å². The van der Waals surface area contributed by atoms with Gasteiger partial charge in [0, 0.05) is 29.3 Å². The van der Waals surface area contributed by atoms with Crippen LogP contribution in [0.15, 0.2) is 30.5 Å². The molecule has 3 amide bonds. The van der Waals surface area contributed by atoms with Crippen LogP contribution in [0.2, 0.25) is 0 Å². The molecule has 2 aromatic rings. The molecule has 4 atom stereocenters. The van der Waals surface area contributed by atoms with Crippen molar-refractivity contribution < 1.29 is 24.3 Å². The zero-order valence-corrected chi connectivity index (χ0v) is 23.2. The van der Waals surface area contributed by atoms with Crippen LogP contribution in [-0.4, -0.2) is 82.3 Å². The van der Waals surface area contributed by atoms with Crippen LogP contribution >= 0.6 is 24.4 Å². The number of carboxylic acids is 1. The molecular weight excluding hydrogens is 528 g/mol. The number of thioether (sulfide) groups is 1. The highest BCUT2D eigenvalue weighted by molar-refractivity contribution is 7.98. The van der Waals surface area contributed by atoms with E-state index in [1.54, 1.807) is 6.20 Å². The molecule has 13 heteroatoms. The van der Waals surface area contributed by atoms with Crippen LogP contribution in [0.3, 0.4) is 0 Å². The summed E-state index contributed by atoms with van der Waals surface area (Å²) in [7, 11) is 0. The molecule has 1 heterocycles. The SMILES string of the molecule is CSCCC(NC(=O)C(N)CCCCN)C(=O)NC(CS)C(=O)NC(Cc1c[nH]c2ccccc12)C(=O)O. The molecule has 11 nitrogen and oxygen atoms in total. The van der Waals surface area contributed by atoms with Gasteiger partial charge in [0.05, 0.1) is 6.04 Å². The number of carbonyl (C=O) groups excluding carboxylic acids is 3. The monoisotopic (exact) mass is 566 g/mol. The Bertz CT molecular complexity index is 1080. The summed E-state index contributed by atoms with van der Waals surface area (Å²) in [5.41, 5.74) is 13.0. The van der Waals surface area contributed by atoms with Gasteiger partial charge in [-0.05, 0) is 49.4 Å². The number of hydrogen-bond donors (Lipinski definition) is 8. The third-order valence-electron chi connectivity index (χ3n) is 6.08. The fourth-order valence-electron chi connectivity index (χ4n) is 3.88. The second kappa shape index (κ2) is 16.3. The summed E-state index contributed by atoms with van der Waals surface area (Å²) >= 11 is 5.69. The molecule has 0 bridgehead atoms. The lowest BCUT2D eigenvalue weighted by Gasteiger charge is -2.24. The van der Waals surface area contributed by atoms with Crippen LogP contribution in [0.4, 0.5) is 0 Å². The normalized spacial score (nSPS) is 14.3. The van der Waals surface area contributed by atoms with Crippen molar-refractivity contribution in [2.24, 2.45) is 11.5 Å². The molecule has 0 saturated heterocycles. The molecular formula is C25H38N6O5S2. The summed E-state index contributed by atoms with van der Waals surface area (Å²) in [6.07, 6.45) is 5.84. The Morgan fingerprint density at radius 2 is 1.66 bits per heavy atom. The highest BCUT2D eigenvalue weighted by atomic mass is 32.2. The van der Waals surface area contributed by atoms with E-state index in [1.807, 2.05) is 30.5 Å². The Morgan fingerprint density at radius 1 is 1.00 bits per heavy atom. The lowest BCUT2D eigenvalue weighted by Crippen LogP contribution is -2.58. The molecule has 0 aliphatic carbocycles. The van der Waals surface area contributed by atoms with Crippen LogP contribution in [0, 0.1) is 0 Å². The zero-order valence-electron chi connectivity index (χ0n) is 21.4. The first-order valence-electron chi connectivity index (χ1n) is 12.5. The van der Waals surface area contributed by atoms with Crippen molar-refractivity contribution in [3.05, 3.63) is 36.0 Å². The number of carboxylic acid groups (broad SMARTS) is 1. The minimum absolute atomic E-state index is 0.0484. The van der Waals surface area contributed by atoms with Gasteiger partial charge in [-0.2, -0.15) is 24.4 Å². The summed E-state index contributed by atoms with van der Waals surface area (Å²) in [5.74, 6) is -2.40. The fraction of sp³-hybridized carbons (Fsp3) is 0.520. The van der Waals surface area contributed by atoms with Crippen LogP contribution in [0.1, 0.15) is 31.2 Å². The van der Waals surface area contributed by atoms with Crippen molar-refractivity contribution in [2.45, 2.75) is 56.3 Å². The van der Waals surface area contributed by atoms with Crippen LogP contribution in [0.25, 0.3) is 10.9 Å². The highest BCUT2D eigenvalue weighted by Crippen LogP contribution is 2.19. The number of rotatable bonds is 17. The number of amides is 3. The number of unbranched alkanes of at least 4 members (excludes halogenated alkanes) is 1. The van der Waals surface area contributed by atoms with Gasteiger partial charge >= 0.3 is 5.97 Å². The van der Waals surface area contributed by atoms with E-state index in [0.29, 0.717) is 31.6 Å². The Balaban J connectivity index is 2.04. The van der Waals surface area contributed by atoms with E-state index in [0.717, 1.165) is 22.9 Å². The number of fused-ring (bicyclic) bond motifs is 1. The summed E-state index contributed by atoms with van der Waals surface area (Å²) < 4.78 is 0. The van der Waals surface area contributed by atoms with Crippen LogP contribution in [-0.2, 0) is 25.6 Å². The number of thiol groups is 1. The van der Waals surface area contributed by atoms with Gasteiger partial charge in [0.15, 0.2) is 0 Å². The second-order valence-electron chi connectivity index (χ2n) is 8.94. The predicted molar refractivity (Wildman–Crippen MR) is 153 cm³/mol. The number of aliphatic carboxylic acids is 1. The van der Waals surface area contributed by atoms with Crippen molar-refractivity contribution in [3.63, 3.8) is 0 Å². The molecule has 0 radical (unpaired) electrons. The Labute approximate surface area is 232 Å². The third-order valence-corrected chi connectivity index (χ3v) is 7.09. The smallest absolute Gasteiger partial charge is 0.326 e. The lowest BCUT2D eigenvalue weighted by atomic mass is 10.0. The van der Waals surface area contributed by atoms with E-state index in [9.17, 15) is 24.3 Å². The molecule has 4 unspecified atom stereocenters. The van der Waals surface area contributed by atoms with Crippen molar-refractivity contribution in [2.75, 3.05) is 24.3 Å². The highest BCUT2D eigenvalue weighted by Gasteiger charge is 2.30. The molecule has 0 saturated carbocycles. The number of aromatic nitrogens is 1. The molecule has 0 fully saturated rings. The van der Waals surface area contributed by atoms with Gasteiger partial charge in [0.25, 0.3) is 0 Å². The molecule has 210 valence electrons. The maximum Gasteiger partial charge on any atom is 0.326 e. The number of hydrogen-bond acceptors (Lipinski definition) is 8. The first-order chi connectivity index (χ1) is 18.2. The number of benzene rings is 1. The molecule has 9 N–H and O–H groups in total. The summed E-state index contributed by atoms with van der Waals surface area (Å²) in [6.45, 7) is 0.505. The molecule has 1 aromatic heterocycles. The van der Waals surface area contributed by atoms with Crippen LogP contribution in [0.5, 0.6) is 0 Å². The van der Waals surface area contributed by atoms with Crippen LogP contribution < -0.4 is 27.4 Å². The Morgan fingerprint density at radius 3 is 2.32 bits per heavy atom. The average Bonchev–Trinajstić information content (AvgIpc) is 3.31. The largest absolute Gasteiger partial charge is 0.480 e. The van der Waals surface area contributed by atoms with Gasteiger partial charge in [0.1, 0.15) is 18.1 Å². The Hall–Kier alpha value is -2.74. The number of nitrogens with two attached hydrogens (primary N) is 2. The minimum atomic E-state index is -1.22. The summed E-state index contributed by atoms with van der Waals surface area (Å²) in [4.78, 5) is 53.6. The van der Waals surface area contributed by atoms with Gasteiger partial charge in [-0.3, -0.25) is 14.4 Å². The topological polar surface area (TPSA) is 192 Å². The van der Waals surface area contributed by atoms with Gasteiger partial charge in [0.2, 0.25) is 17.7 Å². The number of carbonyl (C=O) groups is 4. The van der Waals surface area contributed by atoms with Crippen molar-refractivity contribution in [1.82, 2.24) is 20.9 Å². The quantitative estimate of drug-likeness (QED) is 0.0995. The van der Waals surface area contributed by atoms with E-state index in [2.05, 4.69) is 33.6 Å². The van der Waals surface area contributed by atoms with E-state index >= 15 is 0 Å². The molecule has 0 aliphatic rings. The first kappa shape index (κ1) is 31.5. The van der Waals surface area contributed by atoms with E-state index in [-0.39, 0.29) is 12.2 Å². The van der Waals surface area contributed by atoms with Gasteiger partial charge in [-0.15, -0.1) is 0 Å². The molecule has 0 spiro atoms. The van der Waals surface area contributed by atoms with E-state index < -0.39 is 47.9 Å². The molecule has 0 aliphatic heterocycles. The van der Waals surface area contributed by atoms with Gasteiger partial charge in [-0.1, -0.05) is 24.6 Å². The van der Waals surface area contributed by atoms with E-state index in [1.165, 1.54) is 11.8 Å². The minimum Gasteiger partial charge on any atom is -0.480 e. The fourth-order valence-corrected chi connectivity index (χ4v) is 4.61. The number of H-pyrrole nitrogens is 1. The van der Waals surface area contributed by atoms with E-state index in [4.69, 9.17) is 11.5 Å². The maximum atomic E-state index is 13.0. The number of nitrogens with one attached hydrogen (secondary N) is 4. The maximum absolute atomic E-state index is 13.0. The molecule has 38 heavy (non-hydrogen) atoms. The zero-order chi connectivity index (χ0) is 28.1. The summed E-state index contributed by atoms with van der Waals surface area (Å²) in [5, 5.41) is 18.4. The molecule has 1 aromatic carbocycles. The second-order valence-corrected chi connectivity index (χ2v) is 10.3. The predicted octanol–water partition coefficient (Wildman–Crippen LogP) is 0.389. The first-order valence-corrected chi connectivity index (χ1v) is 14.5. The third kappa shape index (κ3) is 9.53. The van der Waals surface area contributed by atoms with Crippen molar-refractivity contribution in [3.8, 4) is 0 Å². The average molecular weight is 567 g/mol. The van der Waals surface area contributed by atoms with Crippen molar-refractivity contribution in [1.29, 1.82) is 0 Å². The molecule has 2 rings (SSSR count). The standard InChI is InChI=1S/C25H38N6O5S2/c1-38-11-9-19(29-22(32)17(27)7-4-5-10-26)23(33)31-21(14-37)24(34)30-20(25(35)36)12-15-13-28-18-8-3-2-6-16(15)18/h2-3,6,8,13,17,19-21,28,37H,4-5,7,9-12,14,26-27H2,1H3,(H,29,32)(H,30,34)(H,31,33)(H,35,36). The van der Waals surface area contributed by atoms with Crippen molar-refractivity contribution >= 4 is 59.0 Å². The Kier molecular flexibility index (Phi) is 13.5. The summed E-state index contributed by atoms with van der Waals surface area (Å²) in [6, 6.07) is 3.43. The number of para-hydroxylation sites is 1.